The molecular formula is C16H18ClN. The van der Waals surface area contributed by atoms with Crippen LogP contribution >= 0.6 is 11.6 Å². The summed E-state index contributed by atoms with van der Waals surface area (Å²) in [6.07, 6.45) is 2.26. The van der Waals surface area contributed by atoms with Gasteiger partial charge in [-0.1, -0.05) is 42.5 Å². The maximum Gasteiger partial charge on any atom is 0.0474 e. The Morgan fingerprint density at radius 1 is 0.833 bits per heavy atom. The number of alkyl halides is 1. The zero-order chi connectivity index (χ0) is 12.6. The van der Waals surface area contributed by atoms with Crippen molar-refractivity contribution in [3.63, 3.8) is 0 Å². The number of hydrogen-bond acceptors (Lipinski definition) is 1. The Balaban J connectivity index is 1.72. The van der Waals surface area contributed by atoms with Crippen molar-refractivity contribution >= 4 is 17.3 Å². The van der Waals surface area contributed by atoms with Gasteiger partial charge in [0, 0.05) is 18.1 Å². The van der Waals surface area contributed by atoms with Gasteiger partial charge in [-0.15, -0.1) is 11.6 Å². The van der Waals surface area contributed by atoms with Gasteiger partial charge in [0.05, 0.1) is 0 Å². The second kappa shape index (κ2) is 7.07. The monoisotopic (exact) mass is 259 g/mol. The fourth-order valence-electron chi connectivity index (χ4n) is 1.88. The van der Waals surface area contributed by atoms with Crippen molar-refractivity contribution < 1.29 is 0 Å². The van der Waals surface area contributed by atoms with Crippen molar-refractivity contribution in [3.8, 4) is 0 Å². The van der Waals surface area contributed by atoms with Crippen LogP contribution in [0.25, 0.3) is 0 Å². The van der Waals surface area contributed by atoms with E-state index in [0.29, 0.717) is 5.88 Å². The summed E-state index contributed by atoms with van der Waals surface area (Å²) in [6, 6.07) is 18.9. The summed E-state index contributed by atoms with van der Waals surface area (Å²) >= 11 is 5.75. The Kier molecular flexibility index (Phi) is 5.10. The molecule has 2 aromatic rings. The van der Waals surface area contributed by atoms with Gasteiger partial charge in [0.25, 0.3) is 0 Å². The summed E-state index contributed by atoms with van der Waals surface area (Å²) in [5, 5.41) is 3.42. The highest BCUT2D eigenvalue weighted by atomic mass is 35.5. The van der Waals surface area contributed by atoms with E-state index in [2.05, 4.69) is 59.9 Å². The van der Waals surface area contributed by atoms with Crippen LogP contribution in [0.4, 0.5) is 5.69 Å². The zero-order valence-corrected chi connectivity index (χ0v) is 11.2. The van der Waals surface area contributed by atoms with E-state index < -0.39 is 0 Å². The minimum Gasteiger partial charge on any atom is -0.385 e. The molecule has 0 bridgehead atoms. The van der Waals surface area contributed by atoms with Crippen molar-refractivity contribution in [2.24, 2.45) is 0 Å². The minimum atomic E-state index is 0.578. The summed E-state index contributed by atoms with van der Waals surface area (Å²) in [6.45, 7) is 0.995. The molecule has 0 aliphatic rings. The Morgan fingerprint density at radius 2 is 1.56 bits per heavy atom. The Bertz CT molecular complexity index is 450. The number of benzene rings is 2. The lowest BCUT2D eigenvalue weighted by Crippen LogP contribution is -2.02. The van der Waals surface area contributed by atoms with E-state index in [4.69, 9.17) is 11.6 Å². The predicted molar refractivity (Wildman–Crippen MR) is 79.3 cm³/mol. The van der Waals surface area contributed by atoms with Crippen LogP contribution in [0, 0.1) is 0 Å². The maximum atomic E-state index is 5.75. The lowest BCUT2D eigenvalue weighted by atomic mass is 10.1. The Labute approximate surface area is 114 Å². The fraction of sp³-hybridized carbons (Fsp3) is 0.250. The molecule has 0 unspecified atom stereocenters. The first-order chi connectivity index (χ1) is 8.88. The Hall–Kier alpha value is -1.47. The minimum absolute atomic E-state index is 0.578. The number of halogens is 1. The molecule has 1 N–H and O–H groups in total. The number of anilines is 1. The number of nitrogens with one attached hydrogen (secondary N) is 1. The third-order valence-electron chi connectivity index (χ3n) is 2.92. The van der Waals surface area contributed by atoms with Gasteiger partial charge in [-0.25, -0.2) is 0 Å². The van der Waals surface area contributed by atoms with Crippen LogP contribution in [-0.2, 0) is 12.3 Å². The van der Waals surface area contributed by atoms with E-state index in [-0.39, 0.29) is 0 Å². The highest BCUT2D eigenvalue weighted by Gasteiger charge is 1.94. The van der Waals surface area contributed by atoms with Crippen LogP contribution < -0.4 is 5.32 Å². The molecule has 0 spiro atoms. The van der Waals surface area contributed by atoms with Crippen LogP contribution in [0.15, 0.2) is 54.6 Å². The average Bonchev–Trinajstić information content (AvgIpc) is 2.45. The first-order valence-corrected chi connectivity index (χ1v) is 6.84. The van der Waals surface area contributed by atoms with Gasteiger partial charge >= 0.3 is 0 Å². The molecule has 2 rings (SSSR count). The van der Waals surface area contributed by atoms with E-state index in [1.165, 1.54) is 5.56 Å². The molecule has 0 fully saturated rings. The maximum absolute atomic E-state index is 5.75. The van der Waals surface area contributed by atoms with Crippen molar-refractivity contribution in [1.29, 1.82) is 0 Å². The van der Waals surface area contributed by atoms with E-state index in [1.54, 1.807) is 0 Å². The van der Waals surface area contributed by atoms with Crippen LogP contribution in [0.2, 0.25) is 0 Å². The van der Waals surface area contributed by atoms with E-state index >= 15 is 0 Å². The first kappa shape index (κ1) is 13.0. The average molecular weight is 260 g/mol. The highest BCUT2D eigenvalue weighted by Crippen LogP contribution is 2.11. The van der Waals surface area contributed by atoms with Crippen LogP contribution in [0.1, 0.15) is 17.5 Å². The second-order valence-corrected chi connectivity index (χ2v) is 4.61. The summed E-state index contributed by atoms with van der Waals surface area (Å²) in [5.41, 5.74) is 3.72. The smallest absolute Gasteiger partial charge is 0.0474 e. The standard InChI is InChI=1S/C16H18ClN/c17-13-15-8-10-16(11-9-15)18-12-4-7-14-5-2-1-3-6-14/h1-3,5-6,8-11,18H,4,7,12-13H2. The summed E-state index contributed by atoms with van der Waals surface area (Å²) < 4.78 is 0. The van der Waals surface area contributed by atoms with Crippen LogP contribution in [0.3, 0.4) is 0 Å². The molecular weight excluding hydrogens is 242 g/mol. The van der Waals surface area contributed by atoms with Crippen molar-refractivity contribution in [1.82, 2.24) is 0 Å². The molecule has 1 nitrogen and oxygen atoms in total. The molecule has 0 aromatic heterocycles. The van der Waals surface area contributed by atoms with E-state index in [1.807, 2.05) is 0 Å². The van der Waals surface area contributed by atoms with Gasteiger partial charge in [-0.2, -0.15) is 0 Å². The van der Waals surface area contributed by atoms with Gasteiger partial charge in [-0.3, -0.25) is 0 Å². The van der Waals surface area contributed by atoms with Crippen molar-refractivity contribution in [2.75, 3.05) is 11.9 Å². The molecule has 0 saturated carbocycles. The number of rotatable bonds is 6. The normalized spacial score (nSPS) is 10.3. The lowest BCUT2D eigenvalue weighted by Gasteiger charge is -2.07. The number of aryl methyl sites for hydroxylation is 1. The molecule has 0 amide bonds. The van der Waals surface area contributed by atoms with E-state index in [9.17, 15) is 0 Å². The summed E-state index contributed by atoms with van der Waals surface area (Å²) in [4.78, 5) is 0. The number of hydrogen-bond donors (Lipinski definition) is 1. The van der Waals surface area contributed by atoms with Crippen molar-refractivity contribution in [2.45, 2.75) is 18.7 Å². The molecule has 0 aliphatic carbocycles. The third kappa shape index (κ3) is 4.08. The molecule has 0 saturated heterocycles. The molecule has 0 aliphatic heterocycles. The molecule has 2 aromatic carbocycles. The zero-order valence-electron chi connectivity index (χ0n) is 10.4. The Morgan fingerprint density at radius 3 is 2.22 bits per heavy atom. The molecule has 2 heteroatoms. The third-order valence-corrected chi connectivity index (χ3v) is 3.23. The molecule has 94 valence electrons. The molecule has 0 atom stereocenters. The quantitative estimate of drug-likeness (QED) is 0.596. The largest absolute Gasteiger partial charge is 0.385 e. The van der Waals surface area contributed by atoms with Crippen LogP contribution in [0.5, 0.6) is 0 Å². The SMILES string of the molecule is ClCc1ccc(NCCCc2ccccc2)cc1. The van der Waals surface area contributed by atoms with Gasteiger partial charge in [0.2, 0.25) is 0 Å². The topological polar surface area (TPSA) is 12.0 Å². The summed E-state index contributed by atoms with van der Waals surface area (Å²) in [5.74, 6) is 0.578. The van der Waals surface area contributed by atoms with Gasteiger partial charge in [-0.05, 0) is 36.1 Å². The highest BCUT2D eigenvalue weighted by molar-refractivity contribution is 6.17. The van der Waals surface area contributed by atoms with Crippen molar-refractivity contribution in [3.05, 3.63) is 65.7 Å². The van der Waals surface area contributed by atoms with E-state index in [0.717, 1.165) is 30.6 Å². The fourth-order valence-corrected chi connectivity index (χ4v) is 2.06. The summed E-state index contributed by atoms with van der Waals surface area (Å²) in [7, 11) is 0. The second-order valence-electron chi connectivity index (χ2n) is 4.35. The van der Waals surface area contributed by atoms with Gasteiger partial charge in [0.1, 0.15) is 0 Å². The molecule has 18 heavy (non-hydrogen) atoms. The molecule has 0 heterocycles. The molecule has 0 radical (unpaired) electrons. The van der Waals surface area contributed by atoms with Gasteiger partial charge < -0.3 is 5.32 Å². The predicted octanol–water partition coefficient (Wildman–Crippen LogP) is 4.47. The van der Waals surface area contributed by atoms with Crippen LogP contribution in [-0.4, -0.2) is 6.54 Å². The first-order valence-electron chi connectivity index (χ1n) is 6.31. The van der Waals surface area contributed by atoms with Gasteiger partial charge in [0.15, 0.2) is 0 Å². The lowest BCUT2D eigenvalue weighted by molar-refractivity contribution is 0.863.